The first kappa shape index (κ1) is 15.8. The van der Waals surface area contributed by atoms with Gasteiger partial charge < -0.3 is 5.32 Å². The van der Waals surface area contributed by atoms with E-state index in [4.69, 9.17) is 0 Å². The fourth-order valence-electron chi connectivity index (χ4n) is 2.65. The molecule has 1 atom stereocenters. The Bertz CT molecular complexity index is 552. The summed E-state index contributed by atoms with van der Waals surface area (Å²) in [4.78, 5) is 0. The molecule has 0 aliphatic carbocycles. The van der Waals surface area contributed by atoms with Crippen molar-refractivity contribution in [1.29, 1.82) is 0 Å². The maximum atomic E-state index is 3.75. The largest absolute Gasteiger partial charge is 0.306 e. The van der Waals surface area contributed by atoms with Crippen molar-refractivity contribution in [2.45, 2.75) is 46.7 Å². The summed E-state index contributed by atoms with van der Waals surface area (Å²) in [5.74, 6) is 0. The van der Waals surface area contributed by atoms with Gasteiger partial charge >= 0.3 is 0 Å². The highest BCUT2D eigenvalue weighted by Gasteiger charge is 2.19. The van der Waals surface area contributed by atoms with Gasteiger partial charge in [-0.3, -0.25) is 0 Å². The van der Waals surface area contributed by atoms with Crippen LogP contribution in [0.15, 0.2) is 54.6 Å². The Kier molecular flexibility index (Phi) is 5.19. The Morgan fingerprint density at radius 3 is 2.14 bits per heavy atom. The van der Waals surface area contributed by atoms with Crippen LogP contribution in [0.25, 0.3) is 0 Å². The molecule has 0 aliphatic heterocycles. The molecular weight excluding hydrogens is 254 g/mol. The van der Waals surface area contributed by atoms with E-state index in [1.165, 1.54) is 16.7 Å². The van der Waals surface area contributed by atoms with Crippen molar-refractivity contribution in [1.82, 2.24) is 5.32 Å². The van der Waals surface area contributed by atoms with Gasteiger partial charge in [-0.2, -0.15) is 0 Å². The first-order valence-corrected chi connectivity index (χ1v) is 7.78. The molecule has 2 aromatic carbocycles. The average Bonchev–Trinajstić information content (AvgIpc) is 2.45. The highest BCUT2D eigenvalue weighted by atomic mass is 14.9. The van der Waals surface area contributed by atoms with Crippen molar-refractivity contribution in [3.63, 3.8) is 0 Å². The third kappa shape index (κ3) is 5.02. The minimum atomic E-state index is 0.305. The van der Waals surface area contributed by atoms with Gasteiger partial charge in [0.05, 0.1) is 0 Å². The van der Waals surface area contributed by atoms with Gasteiger partial charge in [-0.25, -0.2) is 0 Å². The van der Waals surface area contributed by atoms with E-state index in [2.05, 4.69) is 87.6 Å². The van der Waals surface area contributed by atoms with Crippen molar-refractivity contribution in [3.8, 4) is 0 Å². The first-order chi connectivity index (χ1) is 9.96. The van der Waals surface area contributed by atoms with E-state index < -0.39 is 0 Å². The summed E-state index contributed by atoms with van der Waals surface area (Å²) in [6, 6.07) is 19.8. The van der Waals surface area contributed by atoms with Gasteiger partial charge in [-0.1, -0.05) is 75.4 Å². The molecule has 0 bridgehead atoms. The summed E-state index contributed by atoms with van der Waals surface area (Å²) < 4.78 is 0. The second-order valence-electron chi connectivity index (χ2n) is 7.04. The lowest BCUT2D eigenvalue weighted by Crippen LogP contribution is -2.25. The maximum Gasteiger partial charge on any atom is 0.0328 e. The SMILES string of the molecule is Cc1ccccc1CNC(CC(C)(C)C)c1ccccc1. The fourth-order valence-corrected chi connectivity index (χ4v) is 2.65. The maximum absolute atomic E-state index is 3.75. The second kappa shape index (κ2) is 6.91. The van der Waals surface area contributed by atoms with Crippen molar-refractivity contribution in [2.24, 2.45) is 5.41 Å². The summed E-state index contributed by atoms with van der Waals surface area (Å²) >= 11 is 0. The summed E-state index contributed by atoms with van der Waals surface area (Å²) in [7, 11) is 0. The molecule has 21 heavy (non-hydrogen) atoms. The number of benzene rings is 2. The second-order valence-corrected chi connectivity index (χ2v) is 7.04. The van der Waals surface area contributed by atoms with Crippen LogP contribution in [0.2, 0.25) is 0 Å². The molecule has 0 saturated carbocycles. The lowest BCUT2D eigenvalue weighted by Gasteiger charge is -2.27. The van der Waals surface area contributed by atoms with Crippen LogP contribution in [-0.2, 0) is 6.54 Å². The summed E-state index contributed by atoms with van der Waals surface area (Å²) in [6.07, 6.45) is 1.13. The zero-order valence-corrected chi connectivity index (χ0v) is 13.7. The van der Waals surface area contributed by atoms with Crippen LogP contribution in [0.5, 0.6) is 0 Å². The molecule has 0 radical (unpaired) electrons. The highest BCUT2D eigenvalue weighted by Crippen LogP contribution is 2.29. The molecule has 1 N–H and O–H groups in total. The van der Waals surface area contributed by atoms with E-state index in [0.717, 1.165) is 13.0 Å². The zero-order chi connectivity index (χ0) is 15.3. The van der Waals surface area contributed by atoms with Gasteiger partial charge in [-0.15, -0.1) is 0 Å². The third-order valence-corrected chi connectivity index (χ3v) is 3.82. The normalized spacial score (nSPS) is 13.1. The Morgan fingerprint density at radius 1 is 0.905 bits per heavy atom. The van der Waals surface area contributed by atoms with E-state index >= 15 is 0 Å². The summed E-state index contributed by atoms with van der Waals surface area (Å²) in [6.45, 7) is 10.0. The highest BCUT2D eigenvalue weighted by molar-refractivity contribution is 5.26. The smallest absolute Gasteiger partial charge is 0.0328 e. The molecule has 0 saturated heterocycles. The average molecular weight is 281 g/mol. The molecule has 1 nitrogen and oxygen atoms in total. The quantitative estimate of drug-likeness (QED) is 0.788. The zero-order valence-electron chi connectivity index (χ0n) is 13.7. The van der Waals surface area contributed by atoms with Crippen LogP contribution < -0.4 is 5.32 Å². The molecule has 0 aliphatic rings. The lowest BCUT2D eigenvalue weighted by molar-refractivity contribution is 0.310. The molecule has 1 unspecified atom stereocenters. The number of rotatable bonds is 5. The van der Waals surface area contributed by atoms with Gasteiger partial charge in [-0.05, 0) is 35.4 Å². The third-order valence-electron chi connectivity index (χ3n) is 3.82. The lowest BCUT2D eigenvalue weighted by atomic mass is 9.85. The molecular formula is C20H27N. The monoisotopic (exact) mass is 281 g/mol. The van der Waals surface area contributed by atoms with E-state index in [1.807, 2.05) is 0 Å². The van der Waals surface area contributed by atoms with Gasteiger partial charge in [0.2, 0.25) is 0 Å². The van der Waals surface area contributed by atoms with Gasteiger partial charge in [0, 0.05) is 12.6 Å². The summed E-state index contributed by atoms with van der Waals surface area (Å²) in [5, 5.41) is 3.75. The predicted molar refractivity (Wildman–Crippen MR) is 91.3 cm³/mol. The van der Waals surface area contributed by atoms with E-state index in [9.17, 15) is 0 Å². The van der Waals surface area contributed by atoms with Crippen LogP contribution in [-0.4, -0.2) is 0 Å². The molecule has 0 fully saturated rings. The Hall–Kier alpha value is -1.60. The van der Waals surface area contributed by atoms with Gasteiger partial charge in [0.15, 0.2) is 0 Å². The van der Waals surface area contributed by atoms with Crippen molar-refractivity contribution in [2.75, 3.05) is 0 Å². The van der Waals surface area contributed by atoms with Crippen LogP contribution in [0.4, 0.5) is 0 Å². The molecule has 112 valence electrons. The topological polar surface area (TPSA) is 12.0 Å². The Balaban J connectivity index is 2.11. The van der Waals surface area contributed by atoms with Crippen LogP contribution in [0.1, 0.15) is 49.9 Å². The van der Waals surface area contributed by atoms with Crippen molar-refractivity contribution in [3.05, 3.63) is 71.3 Å². The molecule has 0 aromatic heterocycles. The molecule has 1 heteroatoms. The molecule has 2 rings (SSSR count). The van der Waals surface area contributed by atoms with E-state index in [-0.39, 0.29) is 0 Å². The van der Waals surface area contributed by atoms with Crippen LogP contribution >= 0.6 is 0 Å². The fraction of sp³-hybridized carbons (Fsp3) is 0.400. The van der Waals surface area contributed by atoms with Gasteiger partial charge in [0.1, 0.15) is 0 Å². The molecule has 0 spiro atoms. The van der Waals surface area contributed by atoms with Crippen molar-refractivity contribution >= 4 is 0 Å². The molecule has 0 amide bonds. The molecule has 2 aromatic rings. The van der Waals surface area contributed by atoms with Gasteiger partial charge in [0.25, 0.3) is 0 Å². The number of hydrogen-bond acceptors (Lipinski definition) is 1. The molecule has 0 heterocycles. The first-order valence-electron chi connectivity index (χ1n) is 7.78. The Labute approximate surface area is 129 Å². The predicted octanol–water partition coefficient (Wildman–Crippen LogP) is 5.26. The summed E-state index contributed by atoms with van der Waals surface area (Å²) in [5.41, 5.74) is 4.42. The van der Waals surface area contributed by atoms with Crippen LogP contribution in [0.3, 0.4) is 0 Å². The van der Waals surface area contributed by atoms with Crippen molar-refractivity contribution < 1.29 is 0 Å². The standard InChI is InChI=1S/C20H27N/c1-16-10-8-9-13-18(16)15-21-19(14-20(2,3)4)17-11-6-5-7-12-17/h5-13,19,21H,14-15H2,1-4H3. The minimum Gasteiger partial charge on any atom is -0.306 e. The Morgan fingerprint density at radius 2 is 1.52 bits per heavy atom. The number of hydrogen-bond donors (Lipinski definition) is 1. The van der Waals surface area contributed by atoms with E-state index in [1.54, 1.807) is 0 Å². The number of nitrogens with one attached hydrogen (secondary N) is 1. The number of aryl methyl sites for hydroxylation is 1. The van der Waals surface area contributed by atoms with Crippen LogP contribution in [0, 0.1) is 12.3 Å². The van der Waals surface area contributed by atoms with E-state index in [0.29, 0.717) is 11.5 Å². The minimum absolute atomic E-state index is 0.305.